The van der Waals surface area contributed by atoms with Crippen LogP contribution in [0.1, 0.15) is 62.2 Å². The normalized spacial score (nSPS) is 13.8. The molecule has 1 aliphatic carbocycles. The van der Waals surface area contributed by atoms with Crippen LogP contribution in [0.15, 0.2) is 48.5 Å². The van der Waals surface area contributed by atoms with Gasteiger partial charge in [0, 0.05) is 12.1 Å². The van der Waals surface area contributed by atoms with E-state index in [9.17, 15) is 9.59 Å². The van der Waals surface area contributed by atoms with Crippen molar-refractivity contribution in [1.82, 2.24) is 5.32 Å². The molecule has 32 heavy (non-hydrogen) atoms. The Morgan fingerprint density at radius 2 is 1.72 bits per heavy atom. The number of anilines is 2. The van der Waals surface area contributed by atoms with E-state index >= 15 is 0 Å². The van der Waals surface area contributed by atoms with Crippen LogP contribution in [-0.2, 0) is 4.79 Å². The highest BCUT2D eigenvalue weighted by molar-refractivity contribution is 7.80. The van der Waals surface area contributed by atoms with Gasteiger partial charge >= 0.3 is 0 Å². The van der Waals surface area contributed by atoms with E-state index in [4.69, 9.17) is 17.0 Å². The molecule has 170 valence electrons. The first-order valence-electron chi connectivity index (χ1n) is 11.3. The highest BCUT2D eigenvalue weighted by atomic mass is 32.1. The van der Waals surface area contributed by atoms with Gasteiger partial charge in [-0.25, -0.2) is 0 Å². The Balaban J connectivity index is 1.53. The van der Waals surface area contributed by atoms with Gasteiger partial charge in [0.05, 0.1) is 17.9 Å². The summed E-state index contributed by atoms with van der Waals surface area (Å²) < 4.78 is 5.43. The Morgan fingerprint density at radius 3 is 2.44 bits per heavy atom. The molecular formula is C25H31N3O3S. The molecule has 7 heteroatoms. The number of nitrogens with one attached hydrogen (secondary N) is 3. The van der Waals surface area contributed by atoms with E-state index in [-0.39, 0.29) is 16.9 Å². The smallest absolute Gasteiger partial charge is 0.257 e. The largest absolute Gasteiger partial charge is 0.494 e. The molecule has 0 saturated heterocycles. The van der Waals surface area contributed by atoms with E-state index in [0.29, 0.717) is 35.9 Å². The molecule has 0 bridgehead atoms. The predicted molar refractivity (Wildman–Crippen MR) is 132 cm³/mol. The second kappa shape index (κ2) is 12.2. The van der Waals surface area contributed by atoms with Gasteiger partial charge < -0.3 is 20.7 Å². The van der Waals surface area contributed by atoms with E-state index in [2.05, 4.69) is 16.0 Å². The fraction of sp³-hybridized carbons (Fsp3) is 0.400. The summed E-state index contributed by atoms with van der Waals surface area (Å²) in [6.45, 7) is 2.51. The number of hydrogen-bond acceptors (Lipinski definition) is 4. The summed E-state index contributed by atoms with van der Waals surface area (Å²) in [6.07, 6.45) is 7.63. The van der Waals surface area contributed by atoms with Gasteiger partial charge in [0.25, 0.3) is 5.91 Å². The number of amides is 2. The summed E-state index contributed by atoms with van der Waals surface area (Å²) in [5, 5.41) is 8.80. The maximum atomic E-state index is 12.8. The first kappa shape index (κ1) is 23.7. The van der Waals surface area contributed by atoms with E-state index in [1.807, 2.05) is 13.0 Å². The number of ether oxygens (including phenoxy) is 1. The zero-order chi connectivity index (χ0) is 22.8. The lowest BCUT2D eigenvalue weighted by Crippen LogP contribution is -2.34. The van der Waals surface area contributed by atoms with Crippen molar-refractivity contribution in [2.75, 3.05) is 17.2 Å². The minimum absolute atomic E-state index is 0.0932. The van der Waals surface area contributed by atoms with Crippen LogP contribution < -0.4 is 20.7 Å². The quantitative estimate of drug-likeness (QED) is 0.459. The second-order valence-corrected chi connectivity index (χ2v) is 8.41. The Hall–Kier alpha value is -2.93. The fourth-order valence-corrected chi connectivity index (χ4v) is 4.17. The SMILES string of the molecule is CCOc1ccc(NC(=O)c2ccccc2NC(=S)NC(=O)CCC2CCCCC2)cc1. The van der Waals surface area contributed by atoms with Gasteiger partial charge in [-0.3, -0.25) is 9.59 Å². The Morgan fingerprint density at radius 1 is 1.00 bits per heavy atom. The van der Waals surface area contributed by atoms with Gasteiger partial charge in [-0.05, 0) is 67.9 Å². The first-order valence-corrected chi connectivity index (χ1v) is 11.7. The number of thiocarbonyl (C=S) groups is 1. The molecule has 0 aliphatic heterocycles. The van der Waals surface area contributed by atoms with Crippen molar-refractivity contribution < 1.29 is 14.3 Å². The van der Waals surface area contributed by atoms with Crippen LogP contribution in [0.2, 0.25) is 0 Å². The summed E-state index contributed by atoms with van der Waals surface area (Å²) in [7, 11) is 0. The highest BCUT2D eigenvalue weighted by Crippen LogP contribution is 2.27. The number of benzene rings is 2. The molecule has 1 fully saturated rings. The van der Waals surface area contributed by atoms with Gasteiger partial charge in [-0.2, -0.15) is 0 Å². The molecule has 3 rings (SSSR count). The lowest BCUT2D eigenvalue weighted by Gasteiger charge is -2.21. The van der Waals surface area contributed by atoms with Crippen LogP contribution in [0.3, 0.4) is 0 Å². The number of hydrogen-bond donors (Lipinski definition) is 3. The van der Waals surface area contributed by atoms with E-state index in [1.54, 1.807) is 42.5 Å². The van der Waals surface area contributed by atoms with E-state index in [1.165, 1.54) is 32.1 Å². The summed E-state index contributed by atoms with van der Waals surface area (Å²) >= 11 is 5.31. The standard InChI is InChI=1S/C25H31N3O3S/c1-2-31-20-15-13-19(14-16-20)26-24(30)21-10-6-7-11-22(21)27-25(32)28-23(29)17-12-18-8-4-3-5-9-18/h6-7,10-11,13-16,18H,2-5,8-9,12,17H2,1H3,(H,26,30)(H2,27,28,29,32). The third-order valence-corrected chi connectivity index (χ3v) is 5.80. The highest BCUT2D eigenvalue weighted by Gasteiger charge is 2.16. The Labute approximate surface area is 195 Å². The molecule has 3 N–H and O–H groups in total. The number of carbonyl (C=O) groups is 2. The third-order valence-electron chi connectivity index (χ3n) is 5.60. The van der Waals surface area contributed by atoms with Gasteiger partial charge in [0.2, 0.25) is 5.91 Å². The van der Waals surface area contributed by atoms with Gasteiger partial charge in [-0.15, -0.1) is 0 Å². The summed E-state index contributed by atoms with van der Waals surface area (Å²) in [5.74, 6) is 1.02. The average Bonchev–Trinajstić information content (AvgIpc) is 2.80. The molecule has 1 saturated carbocycles. The number of rotatable bonds is 8. The molecule has 2 aromatic rings. The second-order valence-electron chi connectivity index (χ2n) is 8.00. The molecule has 0 radical (unpaired) electrons. The van der Waals surface area contributed by atoms with Crippen molar-refractivity contribution in [2.24, 2.45) is 5.92 Å². The van der Waals surface area contributed by atoms with Gasteiger partial charge in [-0.1, -0.05) is 44.2 Å². The lowest BCUT2D eigenvalue weighted by atomic mass is 9.86. The molecule has 0 atom stereocenters. The molecule has 0 aromatic heterocycles. The summed E-state index contributed by atoms with van der Waals surface area (Å²) in [5.41, 5.74) is 1.63. The zero-order valence-corrected chi connectivity index (χ0v) is 19.3. The molecule has 1 aliphatic rings. The van der Waals surface area contributed by atoms with Crippen molar-refractivity contribution >= 4 is 40.5 Å². The number of carbonyl (C=O) groups excluding carboxylic acids is 2. The molecule has 0 unspecified atom stereocenters. The maximum Gasteiger partial charge on any atom is 0.257 e. The first-order chi connectivity index (χ1) is 15.5. The molecule has 6 nitrogen and oxygen atoms in total. The van der Waals surface area contributed by atoms with E-state index < -0.39 is 0 Å². The summed E-state index contributed by atoms with van der Waals surface area (Å²) in [4.78, 5) is 25.1. The molecular weight excluding hydrogens is 422 g/mol. The van der Waals surface area contributed by atoms with E-state index in [0.717, 1.165) is 12.2 Å². The minimum atomic E-state index is -0.274. The Bertz CT molecular complexity index is 924. The van der Waals surface area contributed by atoms with Crippen LogP contribution in [0.4, 0.5) is 11.4 Å². The lowest BCUT2D eigenvalue weighted by molar-refractivity contribution is -0.120. The fourth-order valence-electron chi connectivity index (χ4n) is 3.94. The van der Waals surface area contributed by atoms with Crippen molar-refractivity contribution in [3.8, 4) is 5.75 Å². The zero-order valence-electron chi connectivity index (χ0n) is 18.5. The van der Waals surface area contributed by atoms with Crippen LogP contribution in [0.5, 0.6) is 5.75 Å². The Kier molecular flexibility index (Phi) is 9.04. The van der Waals surface area contributed by atoms with Crippen LogP contribution >= 0.6 is 12.2 Å². The average molecular weight is 454 g/mol. The van der Waals surface area contributed by atoms with Gasteiger partial charge in [0.15, 0.2) is 5.11 Å². The summed E-state index contributed by atoms with van der Waals surface area (Å²) in [6, 6.07) is 14.2. The monoisotopic (exact) mass is 453 g/mol. The molecule has 2 aromatic carbocycles. The molecule has 0 heterocycles. The third kappa shape index (κ3) is 7.34. The molecule has 0 spiro atoms. The minimum Gasteiger partial charge on any atom is -0.494 e. The van der Waals surface area contributed by atoms with Crippen LogP contribution in [0.25, 0.3) is 0 Å². The van der Waals surface area contributed by atoms with Crippen molar-refractivity contribution in [2.45, 2.75) is 51.9 Å². The molecule has 2 amide bonds. The topological polar surface area (TPSA) is 79.5 Å². The van der Waals surface area contributed by atoms with Crippen molar-refractivity contribution in [3.63, 3.8) is 0 Å². The van der Waals surface area contributed by atoms with Crippen LogP contribution in [-0.4, -0.2) is 23.5 Å². The van der Waals surface area contributed by atoms with Gasteiger partial charge in [0.1, 0.15) is 5.75 Å². The number of para-hydroxylation sites is 1. The maximum absolute atomic E-state index is 12.8. The van der Waals surface area contributed by atoms with Crippen molar-refractivity contribution in [1.29, 1.82) is 0 Å². The predicted octanol–water partition coefficient (Wildman–Crippen LogP) is 5.51. The van der Waals surface area contributed by atoms with Crippen LogP contribution in [0, 0.1) is 5.92 Å². The van der Waals surface area contributed by atoms with Crippen molar-refractivity contribution in [3.05, 3.63) is 54.1 Å².